The van der Waals surface area contributed by atoms with Crippen molar-refractivity contribution in [1.82, 2.24) is 20.4 Å². The lowest BCUT2D eigenvalue weighted by atomic mass is 10.1. The molecular formula is C17H18N4O4. The molecule has 3 rings (SSSR count). The summed E-state index contributed by atoms with van der Waals surface area (Å²) in [6, 6.07) is 3.68. The smallest absolute Gasteiger partial charge is 0.347 e. The summed E-state index contributed by atoms with van der Waals surface area (Å²) < 4.78 is 10.6. The van der Waals surface area contributed by atoms with E-state index in [9.17, 15) is 9.59 Å². The van der Waals surface area contributed by atoms with Crippen LogP contribution in [0.2, 0.25) is 0 Å². The second kappa shape index (κ2) is 6.78. The Morgan fingerprint density at radius 3 is 3.00 bits per heavy atom. The first-order valence-corrected chi connectivity index (χ1v) is 7.73. The van der Waals surface area contributed by atoms with E-state index in [2.05, 4.69) is 15.4 Å². The monoisotopic (exact) mass is 342 g/mol. The number of ketones is 1. The van der Waals surface area contributed by atoms with Crippen LogP contribution in [0.4, 0.5) is 0 Å². The van der Waals surface area contributed by atoms with E-state index in [4.69, 9.17) is 9.47 Å². The molecular weight excluding hydrogens is 324 g/mol. The number of fused-ring (bicyclic) bond motifs is 1. The molecule has 0 aliphatic carbocycles. The average Bonchev–Trinajstić information content (AvgIpc) is 3.10. The number of nitrogens with one attached hydrogen (secondary N) is 2. The van der Waals surface area contributed by atoms with Crippen LogP contribution in [-0.2, 0) is 19.1 Å². The number of rotatable bonds is 5. The predicted octanol–water partition coefficient (Wildman–Crippen LogP) is 1.34. The number of carbonyl (C=O) groups is 2. The lowest BCUT2D eigenvalue weighted by Gasteiger charge is -2.14. The third-order valence-corrected chi connectivity index (χ3v) is 3.46. The Morgan fingerprint density at radius 1 is 1.48 bits per heavy atom. The van der Waals surface area contributed by atoms with Crippen LogP contribution in [0.5, 0.6) is 0 Å². The van der Waals surface area contributed by atoms with Crippen LogP contribution in [0.3, 0.4) is 0 Å². The highest BCUT2D eigenvalue weighted by Gasteiger charge is 2.37. The first-order chi connectivity index (χ1) is 12.0. The van der Waals surface area contributed by atoms with Gasteiger partial charge >= 0.3 is 5.97 Å². The van der Waals surface area contributed by atoms with Gasteiger partial charge in [0.25, 0.3) is 0 Å². The van der Waals surface area contributed by atoms with Crippen LogP contribution in [0, 0.1) is 0 Å². The third kappa shape index (κ3) is 3.24. The quantitative estimate of drug-likeness (QED) is 0.366. The maximum atomic E-state index is 12.6. The number of H-pyrrole nitrogens is 1. The Bertz CT molecular complexity index is 895. The Balaban J connectivity index is 1.97. The van der Waals surface area contributed by atoms with Gasteiger partial charge in [0.1, 0.15) is 5.65 Å². The molecule has 1 aliphatic rings. The highest BCUT2D eigenvalue weighted by molar-refractivity contribution is 6.26. The molecule has 3 heterocycles. The number of esters is 1. The van der Waals surface area contributed by atoms with Gasteiger partial charge in [-0.2, -0.15) is 0 Å². The minimum absolute atomic E-state index is 0.0390. The molecule has 0 amide bonds. The van der Waals surface area contributed by atoms with Crippen LogP contribution in [0.1, 0.15) is 12.5 Å². The van der Waals surface area contributed by atoms with Gasteiger partial charge < -0.3 is 14.5 Å². The average molecular weight is 342 g/mol. The Kier molecular flexibility index (Phi) is 4.53. The van der Waals surface area contributed by atoms with Crippen molar-refractivity contribution in [3.63, 3.8) is 0 Å². The van der Waals surface area contributed by atoms with Crippen molar-refractivity contribution in [2.24, 2.45) is 0 Å². The largest absolute Gasteiger partial charge is 0.462 e. The van der Waals surface area contributed by atoms with E-state index < -0.39 is 11.8 Å². The van der Waals surface area contributed by atoms with Gasteiger partial charge in [0.05, 0.1) is 6.61 Å². The van der Waals surface area contributed by atoms with Gasteiger partial charge in [-0.25, -0.2) is 14.8 Å². The topological polar surface area (TPSA) is 96.6 Å². The summed E-state index contributed by atoms with van der Waals surface area (Å²) in [4.78, 5) is 32.0. The molecule has 2 aromatic heterocycles. The molecule has 1 aliphatic heterocycles. The van der Waals surface area contributed by atoms with Gasteiger partial charge in [-0.1, -0.05) is 0 Å². The summed E-state index contributed by atoms with van der Waals surface area (Å²) in [5.74, 6) is -1.16. The summed E-state index contributed by atoms with van der Waals surface area (Å²) >= 11 is 0. The van der Waals surface area contributed by atoms with Crippen molar-refractivity contribution in [1.29, 1.82) is 0 Å². The fourth-order valence-electron chi connectivity index (χ4n) is 2.44. The maximum absolute atomic E-state index is 12.6. The van der Waals surface area contributed by atoms with Crippen LogP contribution in [-0.4, -0.2) is 47.4 Å². The summed E-state index contributed by atoms with van der Waals surface area (Å²) in [5.41, 5.74) is 4.10. The Hall–Kier alpha value is -3.13. The van der Waals surface area contributed by atoms with Crippen molar-refractivity contribution in [3.8, 4) is 0 Å². The number of ether oxygens (including phenoxy) is 2. The van der Waals surface area contributed by atoms with Gasteiger partial charge in [-0.05, 0) is 25.1 Å². The van der Waals surface area contributed by atoms with Crippen LogP contribution in [0.25, 0.3) is 17.1 Å². The fraction of sp³-hybridized carbons (Fsp3) is 0.235. The van der Waals surface area contributed by atoms with Crippen molar-refractivity contribution in [3.05, 3.63) is 47.3 Å². The second-order valence-electron chi connectivity index (χ2n) is 5.51. The predicted molar refractivity (Wildman–Crippen MR) is 90.6 cm³/mol. The van der Waals surface area contributed by atoms with Crippen molar-refractivity contribution >= 4 is 28.9 Å². The number of nitrogens with zero attached hydrogens (tertiary/aromatic N) is 2. The first-order valence-electron chi connectivity index (χ1n) is 7.73. The molecule has 8 nitrogen and oxygen atoms in total. The number of aromatic amines is 1. The number of aromatic nitrogens is 2. The van der Waals surface area contributed by atoms with Crippen molar-refractivity contribution in [2.45, 2.75) is 6.92 Å². The van der Waals surface area contributed by atoms with E-state index in [1.165, 1.54) is 0 Å². The van der Waals surface area contributed by atoms with E-state index in [0.717, 1.165) is 10.9 Å². The van der Waals surface area contributed by atoms with Gasteiger partial charge in [0, 0.05) is 37.4 Å². The van der Waals surface area contributed by atoms with E-state index in [1.54, 1.807) is 50.6 Å². The van der Waals surface area contributed by atoms with Gasteiger partial charge in [-0.3, -0.25) is 10.2 Å². The summed E-state index contributed by atoms with van der Waals surface area (Å²) in [7, 11) is 3.44. The lowest BCUT2D eigenvalue weighted by molar-refractivity contribution is -0.139. The molecule has 0 unspecified atom stereocenters. The van der Waals surface area contributed by atoms with E-state index in [-0.39, 0.29) is 23.8 Å². The standard InChI is InChI=1S/C17H18N4O4/c1-4-24-17(23)13-14(22)12(25-16(13)20-21(2)3)8-10-9-19-15-11(10)6-5-7-18-15/h5-9,20H,4H2,1-3H3,(H,18,19)/b12-8-. The molecule has 0 bridgehead atoms. The molecule has 130 valence electrons. The molecule has 0 aromatic carbocycles. The molecule has 2 N–H and O–H groups in total. The van der Waals surface area contributed by atoms with Gasteiger partial charge in [0.15, 0.2) is 11.3 Å². The van der Waals surface area contributed by atoms with Crippen LogP contribution < -0.4 is 5.43 Å². The van der Waals surface area contributed by atoms with E-state index in [1.807, 2.05) is 6.07 Å². The van der Waals surface area contributed by atoms with Crippen LogP contribution in [0.15, 0.2) is 41.7 Å². The first kappa shape index (κ1) is 16.7. The second-order valence-corrected chi connectivity index (χ2v) is 5.51. The van der Waals surface area contributed by atoms with E-state index in [0.29, 0.717) is 5.65 Å². The lowest BCUT2D eigenvalue weighted by Crippen LogP contribution is -2.31. The summed E-state index contributed by atoms with van der Waals surface area (Å²) in [6.07, 6.45) is 4.97. The zero-order valence-electron chi connectivity index (χ0n) is 14.1. The number of carbonyl (C=O) groups excluding carboxylic acids is 2. The Morgan fingerprint density at radius 2 is 2.28 bits per heavy atom. The molecule has 0 fully saturated rings. The van der Waals surface area contributed by atoms with Crippen molar-refractivity contribution in [2.75, 3.05) is 20.7 Å². The molecule has 0 spiro atoms. The molecule has 8 heteroatoms. The maximum Gasteiger partial charge on any atom is 0.347 e. The highest BCUT2D eigenvalue weighted by Crippen LogP contribution is 2.28. The summed E-state index contributed by atoms with van der Waals surface area (Å²) in [6.45, 7) is 1.84. The summed E-state index contributed by atoms with van der Waals surface area (Å²) in [5, 5.41) is 2.42. The molecule has 25 heavy (non-hydrogen) atoms. The molecule has 0 saturated heterocycles. The number of hydrazine groups is 1. The molecule has 2 aromatic rings. The zero-order valence-corrected chi connectivity index (χ0v) is 14.1. The fourth-order valence-corrected chi connectivity index (χ4v) is 2.44. The number of hydrogen-bond donors (Lipinski definition) is 2. The molecule has 0 saturated carbocycles. The minimum Gasteiger partial charge on any atom is -0.462 e. The van der Waals surface area contributed by atoms with Gasteiger partial charge in [-0.15, -0.1) is 0 Å². The number of pyridine rings is 1. The SMILES string of the molecule is CCOC(=O)C1=C(NN(C)C)O/C(=C\c2c[nH]c3ncccc23)C1=O. The normalized spacial score (nSPS) is 16.0. The van der Waals surface area contributed by atoms with E-state index >= 15 is 0 Å². The van der Waals surface area contributed by atoms with Crippen LogP contribution >= 0.6 is 0 Å². The van der Waals surface area contributed by atoms with Crippen molar-refractivity contribution < 1.29 is 19.1 Å². The molecule has 0 radical (unpaired) electrons. The number of Topliss-reactive ketones (excluding diaryl/α,β-unsaturated/α-hetero) is 1. The molecule has 0 atom stereocenters. The Labute approximate surface area is 144 Å². The van der Waals surface area contributed by atoms with Gasteiger partial charge in [0.2, 0.25) is 11.7 Å². The highest BCUT2D eigenvalue weighted by atomic mass is 16.5. The minimum atomic E-state index is -0.721. The number of allylic oxidation sites excluding steroid dienone is 1. The zero-order chi connectivity index (χ0) is 18.0. The third-order valence-electron chi connectivity index (χ3n) is 3.46. The number of hydrogen-bond acceptors (Lipinski definition) is 7.